The maximum Gasteiger partial charge on any atom is 0.239 e. The Morgan fingerprint density at radius 2 is 1.88 bits per heavy atom. The monoisotopic (exact) mass is 450 g/mol. The number of rotatable bonds is 8. The van der Waals surface area contributed by atoms with Gasteiger partial charge in [0.1, 0.15) is 5.75 Å². The molecule has 1 aromatic rings. The number of hydrogen-bond donors (Lipinski definition) is 3. The Balaban J connectivity index is 0.00000529. The minimum absolute atomic E-state index is 0. The molecule has 1 unspecified atom stereocenters. The van der Waals surface area contributed by atoms with Gasteiger partial charge in [-0.25, -0.2) is 0 Å². The highest BCUT2D eigenvalue weighted by Crippen LogP contribution is 2.10. The van der Waals surface area contributed by atoms with Crippen molar-refractivity contribution in [3.8, 4) is 5.75 Å². The highest BCUT2D eigenvalue weighted by molar-refractivity contribution is 14.0. The van der Waals surface area contributed by atoms with Crippen LogP contribution in [-0.2, 0) is 16.1 Å². The van der Waals surface area contributed by atoms with Crippen molar-refractivity contribution in [2.45, 2.75) is 19.5 Å². The zero-order valence-electron chi connectivity index (χ0n) is 14.6. The predicted octanol–water partition coefficient (Wildman–Crippen LogP) is 1.13. The van der Waals surface area contributed by atoms with Gasteiger partial charge in [-0.15, -0.1) is 24.0 Å². The van der Waals surface area contributed by atoms with Crippen molar-refractivity contribution in [1.29, 1.82) is 0 Å². The molecular formula is C16H27IN4O3. The van der Waals surface area contributed by atoms with Crippen LogP contribution in [0.2, 0.25) is 0 Å². The number of nitrogens with zero attached hydrogens (tertiary/aromatic N) is 1. The highest BCUT2D eigenvalue weighted by Gasteiger charge is 2.07. The average Bonchev–Trinajstić information content (AvgIpc) is 2.57. The van der Waals surface area contributed by atoms with E-state index in [2.05, 4.69) is 20.9 Å². The number of carbonyl (C=O) groups is 1. The second kappa shape index (κ2) is 12.8. The van der Waals surface area contributed by atoms with Gasteiger partial charge in [0.25, 0.3) is 0 Å². The Labute approximate surface area is 160 Å². The minimum atomic E-state index is -0.108. The van der Waals surface area contributed by atoms with E-state index in [-0.39, 0.29) is 42.5 Å². The first-order valence-electron chi connectivity index (χ1n) is 7.44. The smallest absolute Gasteiger partial charge is 0.239 e. The molecule has 0 aliphatic carbocycles. The summed E-state index contributed by atoms with van der Waals surface area (Å²) in [5, 5.41) is 8.94. The van der Waals surface area contributed by atoms with E-state index >= 15 is 0 Å². The van der Waals surface area contributed by atoms with Crippen LogP contribution < -0.4 is 20.7 Å². The minimum Gasteiger partial charge on any atom is -0.497 e. The number of aliphatic imine (C=N–C) groups is 1. The first-order chi connectivity index (χ1) is 11.1. The van der Waals surface area contributed by atoms with Crippen molar-refractivity contribution >= 4 is 35.8 Å². The first kappa shape index (κ1) is 22.4. The van der Waals surface area contributed by atoms with Crippen LogP contribution in [0.15, 0.2) is 29.3 Å². The van der Waals surface area contributed by atoms with Gasteiger partial charge in [0.05, 0.1) is 20.3 Å². The van der Waals surface area contributed by atoms with Crippen LogP contribution in [-0.4, -0.2) is 52.3 Å². The SMILES string of the molecule is CN=C(NCC(=O)NCc1ccc(OC)cc1)NC(C)COC.I. The summed E-state index contributed by atoms with van der Waals surface area (Å²) >= 11 is 0. The molecule has 0 saturated heterocycles. The molecule has 1 aromatic carbocycles. The second-order valence-electron chi connectivity index (χ2n) is 5.05. The molecule has 136 valence electrons. The van der Waals surface area contributed by atoms with Crippen molar-refractivity contribution in [2.24, 2.45) is 4.99 Å². The summed E-state index contributed by atoms with van der Waals surface area (Å²) in [7, 11) is 4.92. The summed E-state index contributed by atoms with van der Waals surface area (Å²) in [6.07, 6.45) is 0. The fourth-order valence-electron chi connectivity index (χ4n) is 1.89. The van der Waals surface area contributed by atoms with E-state index in [1.165, 1.54) is 0 Å². The number of nitrogens with one attached hydrogen (secondary N) is 3. The van der Waals surface area contributed by atoms with Crippen LogP contribution in [0.25, 0.3) is 0 Å². The van der Waals surface area contributed by atoms with Crippen LogP contribution in [0.3, 0.4) is 0 Å². The third-order valence-electron chi connectivity index (χ3n) is 3.09. The number of halogens is 1. The van der Waals surface area contributed by atoms with Gasteiger partial charge in [-0.3, -0.25) is 9.79 Å². The largest absolute Gasteiger partial charge is 0.497 e. The number of methoxy groups -OCH3 is 2. The molecule has 0 aliphatic rings. The van der Waals surface area contributed by atoms with Crippen LogP contribution in [0.4, 0.5) is 0 Å². The van der Waals surface area contributed by atoms with Gasteiger partial charge in [-0.1, -0.05) is 12.1 Å². The Bertz CT molecular complexity index is 509. The van der Waals surface area contributed by atoms with Gasteiger partial charge in [-0.05, 0) is 24.6 Å². The molecule has 0 heterocycles. The third kappa shape index (κ3) is 8.92. The normalized spacial score (nSPS) is 11.9. The Morgan fingerprint density at radius 1 is 1.21 bits per heavy atom. The fraction of sp³-hybridized carbons (Fsp3) is 0.500. The lowest BCUT2D eigenvalue weighted by atomic mass is 10.2. The van der Waals surface area contributed by atoms with E-state index in [1.807, 2.05) is 31.2 Å². The molecule has 0 saturated carbocycles. The Morgan fingerprint density at radius 3 is 2.42 bits per heavy atom. The third-order valence-corrected chi connectivity index (χ3v) is 3.09. The quantitative estimate of drug-likeness (QED) is 0.314. The topological polar surface area (TPSA) is 84.0 Å². The fourth-order valence-corrected chi connectivity index (χ4v) is 1.89. The lowest BCUT2D eigenvalue weighted by Gasteiger charge is -2.17. The molecule has 3 N–H and O–H groups in total. The number of ether oxygens (including phenoxy) is 2. The van der Waals surface area contributed by atoms with Crippen molar-refractivity contribution in [2.75, 3.05) is 34.4 Å². The van der Waals surface area contributed by atoms with Crippen molar-refractivity contribution < 1.29 is 14.3 Å². The molecule has 0 bridgehead atoms. The lowest BCUT2D eigenvalue weighted by Crippen LogP contribution is -2.47. The van der Waals surface area contributed by atoms with E-state index in [4.69, 9.17) is 9.47 Å². The van der Waals surface area contributed by atoms with Crippen molar-refractivity contribution in [3.63, 3.8) is 0 Å². The molecule has 0 fully saturated rings. The predicted molar refractivity (Wildman–Crippen MR) is 106 cm³/mol. The van der Waals surface area contributed by atoms with E-state index < -0.39 is 0 Å². The van der Waals surface area contributed by atoms with E-state index in [1.54, 1.807) is 21.3 Å². The maximum absolute atomic E-state index is 11.9. The molecular weight excluding hydrogens is 423 g/mol. The molecule has 1 atom stereocenters. The maximum atomic E-state index is 11.9. The first-order valence-corrected chi connectivity index (χ1v) is 7.44. The zero-order valence-corrected chi connectivity index (χ0v) is 16.9. The van der Waals surface area contributed by atoms with Gasteiger partial charge in [0.2, 0.25) is 5.91 Å². The molecule has 8 heteroatoms. The number of amides is 1. The molecule has 0 spiro atoms. The lowest BCUT2D eigenvalue weighted by molar-refractivity contribution is -0.120. The van der Waals surface area contributed by atoms with Gasteiger partial charge in [-0.2, -0.15) is 0 Å². The Hall–Kier alpha value is -1.55. The summed E-state index contributed by atoms with van der Waals surface area (Å²) in [5.74, 6) is 1.25. The molecule has 0 aliphatic heterocycles. The van der Waals surface area contributed by atoms with Gasteiger partial charge < -0.3 is 25.4 Å². The van der Waals surface area contributed by atoms with Gasteiger partial charge >= 0.3 is 0 Å². The summed E-state index contributed by atoms with van der Waals surface area (Å²) in [4.78, 5) is 15.9. The zero-order chi connectivity index (χ0) is 17.1. The van der Waals surface area contributed by atoms with Crippen molar-refractivity contribution in [3.05, 3.63) is 29.8 Å². The van der Waals surface area contributed by atoms with Crippen LogP contribution >= 0.6 is 24.0 Å². The summed E-state index contributed by atoms with van der Waals surface area (Å²) in [6.45, 7) is 3.15. The molecule has 24 heavy (non-hydrogen) atoms. The number of carbonyl (C=O) groups excluding carboxylic acids is 1. The summed E-state index contributed by atoms with van der Waals surface area (Å²) < 4.78 is 10.1. The summed E-state index contributed by atoms with van der Waals surface area (Å²) in [5.41, 5.74) is 1.01. The van der Waals surface area contributed by atoms with E-state index in [9.17, 15) is 4.79 Å². The molecule has 0 aromatic heterocycles. The van der Waals surface area contributed by atoms with E-state index in [0.29, 0.717) is 19.1 Å². The van der Waals surface area contributed by atoms with Crippen molar-refractivity contribution in [1.82, 2.24) is 16.0 Å². The van der Waals surface area contributed by atoms with Crippen LogP contribution in [0.5, 0.6) is 5.75 Å². The molecule has 7 nitrogen and oxygen atoms in total. The Kier molecular flexibility index (Phi) is 12.0. The van der Waals surface area contributed by atoms with E-state index in [0.717, 1.165) is 11.3 Å². The highest BCUT2D eigenvalue weighted by atomic mass is 127. The standard InChI is InChI=1S/C16H26N4O3.HI/c1-12(11-22-3)20-16(17-2)19-10-15(21)18-9-13-5-7-14(23-4)8-6-13;/h5-8,12H,9-11H2,1-4H3,(H,18,21)(H2,17,19,20);1H. The second-order valence-corrected chi connectivity index (χ2v) is 5.05. The van der Waals surface area contributed by atoms with Gasteiger partial charge in [0.15, 0.2) is 5.96 Å². The summed E-state index contributed by atoms with van der Waals surface area (Å²) in [6, 6.07) is 7.66. The van der Waals surface area contributed by atoms with Crippen LogP contribution in [0, 0.1) is 0 Å². The molecule has 1 rings (SSSR count). The van der Waals surface area contributed by atoms with Crippen LogP contribution in [0.1, 0.15) is 12.5 Å². The average molecular weight is 450 g/mol. The number of guanidine groups is 1. The molecule has 0 radical (unpaired) electrons. The van der Waals surface area contributed by atoms with Gasteiger partial charge in [0, 0.05) is 26.7 Å². The number of hydrogen-bond acceptors (Lipinski definition) is 4. The number of benzene rings is 1. The molecule has 1 amide bonds.